The SMILES string of the molecule is C[C@@H]1C[C@@H]2[C@H](CC[C@]3(C)C(=O)CC[C@@H]23)[C@@]2(C)CCC(=NOCCN)CC12.Cl. The van der Waals surface area contributed by atoms with Crippen molar-refractivity contribution in [2.75, 3.05) is 13.2 Å². The van der Waals surface area contributed by atoms with Gasteiger partial charge in [0.25, 0.3) is 0 Å². The Labute approximate surface area is 170 Å². The number of oxime groups is 1. The number of ketones is 1. The van der Waals surface area contributed by atoms with E-state index >= 15 is 0 Å². The summed E-state index contributed by atoms with van der Waals surface area (Å²) in [6, 6.07) is 0. The van der Waals surface area contributed by atoms with Crippen LogP contribution in [0, 0.1) is 40.4 Å². The van der Waals surface area contributed by atoms with Crippen molar-refractivity contribution in [3.8, 4) is 0 Å². The first kappa shape index (κ1) is 21.1. The lowest BCUT2D eigenvalue weighted by Gasteiger charge is -2.61. The third kappa shape index (κ3) is 3.25. The second-order valence-electron chi connectivity index (χ2n) is 10.1. The zero-order valence-corrected chi connectivity index (χ0v) is 18.0. The van der Waals surface area contributed by atoms with Crippen LogP contribution in [-0.2, 0) is 9.63 Å². The molecule has 4 nitrogen and oxygen atoms in total. The molecule has 4 rings (SSSR count). The van der Waals surface area contributed by atoms with Gasteiger partial charge in [0.05, 0.1) is 5.71 Å². The molecule has 4 saturated carbocycles. The van der Waals surface area contributed by atoms with Crippen LogP contribution in [-0.4, -0.2) is 24.6 Å². The van der Waals surface area contributed by atoms with Crippen molar-refractivity contribution in [1.29, 1.82) is 0 Å². The highest BCUT2D eigenvalue weighted by atomic mass is 35.5. The van der Waals surface area contributed by atoms with Crippen molar-refractivity contribution in [1.82, 2.24) is 0 Å². The molecule has 0 radical (unpaired) electrons. The van der Waals surface area contributed by atoms with E-state index in [1.54, 1.807) is 0 Å². The summed E-state index contributed by atoms with van der Waals surface area (Å²) in [7, 11) is 0. The van der Waals surface area contributed by atoms with Crippen LogP contribution in [0.25, 0.3) is 0 Å². The standard InChI is InChI=1S/C22H36N2O2.ClH/c1-14-12-16-17-4-5-20(25)22(17,3)9-7-18(16)21(2)8-6-15(13-19(14)21)24-26-11-10-23;/h14,16-19H,4-13,23H2,1-3H3;1H/t14-,16+,17+,18+,19?,21-,22+;/m1./s1. The summed E-state index contributed by atoms with van der Waals surface area (Å²) in [5.74, 6) is 4.15. The average Bonchev–Trinajstić information content (AvgIpc) is 2.92. The number of hydrogen-bond acceptors (Lipinski definition) is 4. The third-order valence-electron chi connectivity index (χ3n) is 8.98. The molecule has 7 atom stereocenters. The van der Waals surface area contributed by atoms with Gasteiger partial charge < -0.3 is 10.6 Å². The predicted octanol–water partition coefficient (Wildman–Crippen LogP) is 4.60. The Morgan fingerprint density at radius 3 is 2.67 bits per heavy atom. The normalized spacial score (nSPS) is 47.6. The maximum Gasteiger partial charge on any atom is 0.139 e. The summed E-state index contributed by atoms with van der Waals surface area (Å²) in [5.41, 5.74) is 7.14. The molecule has 0 bridgehead atoms. The Balaban J connectivity index is 0.00000210. The Kier molecular flexibility index (Phi) is 5.99. The van der Waals surface area contributed by atoms with Gasteiger partial charge >= 0.3 is 0 Å². The van der Waals surface area contributed by atoms with Crippen LogP contribution in [0.4, 0.5) is 0 Å². The van der Waals surface area contributed by atoms with Gasteiger partial charge in [0, 0.05) is 18.4 Å². The van der Waals surface area contributed by atoms with Crippen molar-refractivity contribution in [3.05, 3.63) is 0 Å². The smallest absolute Gasteiger partial charge is 0.139 e. The molecule has 2 N–H and O–H groups in total. The van der Waals surface area contributed by atoms with Crippen molar-refractivity contribution < 1.29 is 9.63 Å². The zero-order valence-electron chi connectivity index (χ0n) is 17.2. The van der Waals surface area contributed by atoms with E-state index in [1.807, 2.05) is 0 Å². The summed E-state index contributed by atoms with van der Waals surface area (Å²) in [6.45, 7) is 8.33. The van der Waals surface area contributed by atoms with Gasteiger partial charge in [0.15, 0.2) is 0 Å². The number of rotatable bonds is 3. The van der Waals surface area contributed by atoms with Crippen molar-refractivity contribution >= 4 is 23.9 Å². The molecule has 0 amide bonds. The highest BCUT2D eigenvalue weighted by molar-refractivity contribution is 5.87. The molecule has 0 spiro atoms. The number of carbonyl (C=O) groups is 1. The first-order chi connectivity index (χ1) is 12.4. The molecule has 4 aliphatic carbocycles. The molecule has 0 aromatic rings. The Hall–Kier alpha value is -0.610. The summed E-state index contributed by atoms with van der Waals surface area (Å²) < 4.78 is 0. The fourth-order valence-corrected chi connectivity index (χ4v) is 7.57. The first-order valence-electron chi connectivity index (χ1n) is 10.8. The van der Waals surface area contributed by atoms with Crippen LogP contribution >= 0.6 is 12.4 Å². The molecule has 0 saturated heterocycles. The topological polar surface area (TPSA) is 64.7 Å². The van der Waals surface area contributed by atoms with E-state index in [2.05, 4.69) is 25.9 Å². The van der Waals surface area contributed by atoms with Crippen LogP contribution in [0.15, 0.2) is 5.16 Å². The molecule has 0 aromatic heterocycles. The summed E-state index contributed by atoms with van der Waals surface area (Å²) in [4.78, 5) is 18.0. The van der Waals surface area contributed by atoms with Crippen molar-refractivity contribution in [3.63, 3.8) is 0 Å². The maximum absolute atomic E-state index is 12.6. The Morgan fingerprint density at radius 2 is 1.93 bits per heavy atom. The lowest BCUT2D eigenvalue weighted by molar-refractivity contribution is -0.141. The van der Waals surface area contributed by atoms with E-state index in [9.17, 15) is 4.79 Å². The second kappa shape index (κ2) is 7.67. The van der Waals surface area contributed by atoms with Gasteiger partial charge in [0.2, 0.25) is 0 Å². The zero-order chi connectivity index (χ0) is 18.5. The first-order valence-corrected chi connectivity index (χ1v) is 10.8. The quantitative estimate of drug-likeness (QED) is 0.560. The van der Waals surface area contributed by atoms with Crippen LogP contribution in [0.5, 0.6) is 0 Å². The van der Waals surface area contributed by atoms with Crippen LogP contribution in [0.1, 0.15) is 72.1 Å². The molecule has 154 valence electrons. The molecule has 0 aromatic carbocycles. The maximum atomic E-state index is 12.6. The minimum absolute atomic E-state index is 0. The van der Waals surface area contributed by atoms with Gasteiger partial charge in [-0.3, -0.25) is 4.79 Å². The van der Waals surface area contributed by atoms with E-state index in [0.29, 0.717) is 42.1 Å². The minimum Gasteiger partial charge on any atom is -0.395 e. The highest BCUT2D eigenvalue weighted by Crippen LogP contribution is 2.66. The lowest BCUT2D eigenvalue weighted by atomic mass is 9.43. The van der Waals surface area contributed by atoms with E-state index in [-0.39, 0.29) is 17.8 Å². The van der Waals surface area contributed by atoms with Gasteiger partial charge in [0.1, 0.15) is 12.4 Å². The monoisotopic (exact) mass is 396 g/mol. The highest BCUT2D eigenvalue weighted by Gasteiger charge is 2.61. The second-order valence-corrected chi connectivity index (χ2v) is 10.1. The fourth-order valence-electron chi connectivity index (χ4n) is 7.57. The molecular weight excluding hydrogens is 360 g/mol. The van der Waals surface area contributed by atoms with Crippen LogP contribution in [0.2, 0.25) is 0 Å². The Bertz CT molecular complexity index is 609. The molecule has 4 fully saturated rings. The van der Waals surface area contributed by atoms with E-state index in [4.69, 9.17) is 10.6 Å². The van der Waals surface area contributed by atoms with Crippen molar-refractivity contribution in [2.45, 2.75) is 72.1 Å². The lowest BCUT2D eigenvalue weighted by Crippen LogP contribution is -2.56. The fraction of sp³-hybridized carbons (Fsp3) is 0.909. The largest absolute Gasteiger partial charge is 0.395 e. The van der Waals surface area contributed by atoms with Gasteiger partial charge in [-0.05, 0) is 80.0 Å². The number of hydrogen-bond donors (Lipinski definition) is 1. The van der Waals surface area contributed by atoms with Crippen molar-refractivity contribution in [2.24, 2.45) is 51.3 Å². The van der Waals surface area contributed by atoms with Crippen LogP contribution < -0.4 is 5.73 Å². The molecule has 0 heterocycles. The number of halogens is 1. The number of nitrogens with zero attached hydrogens (tertiary/aromatic N) is 1. The van der Waals surface area contributed by atoms with E-state index < -0.39 is 0 Å². The van der Waals surface area contributed by atoms with Gasteiger partial charge in [-0.25, -0.2) is 0 Å². The van der Waals surface area contributed by atoms with E-state index in [1.165, 1.54) is 25.0 Å². The molecular formula is C22H37ClN2O2. The van der Waals surface area contributed by atoms with Gasteiger partial charge in [-0.2, -0.15) is 0 Å². The number of nitrogens with two attached hydrogens (primary N) is 1. The van der Waals surface area contributed by atoms with Gasteiger partial charge in [-0.1, -0.05) is 25.9 Å². The molecule has 27 heavy (non-hydrogen) atoms. The number of fused-ring (bicyclic) bond motifs is 5. The van der Waals surface area contributed by atoms with E-state index in [0.717, 1.165) is 43.9 Å². The third-order valence-corrected chi connectivity index (χ3v) is 8.98. The molecule has 5 heteroatoms. The summed E-state index contributed by atoms with van der Waals surface area (Å²) in [6.07, 6.45) is 9.02. The predicted molar refractivity (Wildman–Crippen MR) is 111 cm³/mol. The Morgan fingerprint density at radius 1 is 1.15 bits per heavy atom. The van der Waals surface area contributed by atoms with Gasteiger partial charge in [-0.15, -0.1) is 12.4 Å². The summed E-state index contributed by atoms with van der Waals surface area (Å²) in [5, 5.41) is 4.40. The number of Topliss-reactive ketones (excluding diaryl/α,β-unsaturated/α-hetero) is 1. The molecule has 0 aliphatic heterocycles. The molecule has 1 unspecified atom stereocenters. The number of carbonyl (C=O) groups excluding carboxylic acids is 1. The summed E-state index contributed by atoms with van der Waals surface area (Å²) >= 11 is 0. The molecule has 4 aliphatic rings. The average molecular weight is 397 g/mol. The van der Waals surface area contributed by atoms with Crippen LogP contribution in [0.3, 0.4) is 0 Å². The minimum atomic E-state index is -0.0125.